The second kappa shape index (κ2) is 2.46. The molecule has 3 saturated heterocycles. The molecule has 62 valence electrons. The van der Waals surface area contributed by atoms with Gasteiger partial charge in [-0.05, 0) is 6.42 Å². The fourth-order valence-electron chi connectivity index (χ4n) is 1.76. The van der Waals surface area contributed by atoms with Gasteiger partial charge in [0, 0.05) is 13.1 Å². The lowest BCUT2D eigenvalue weighted by molar-refractivity contribution is -0.121. The standard InChI is InChI=1S/C7H12N2O2/c10-6-3-9-2-1-5(6)8-7(11)4-9/h5-6,10H,1-4H2,(H,8,11)/t5?,6-/m0/s1. The van der Waals surface area contributed by atoms with Gasteiger partial charge in [-0.25, -0.2) is 0 Å². The molecule has 3 atom stereocenters. The molecule has 0 radical (unpaired) electrons. The van der Waals surface area contributed by atoms with Crippen LogP contribution in [0.2, 0.25) is 0 Å². The maximum atomic E-state index is 11.0. The van der Waals surface area contributed by atoms with Gasteiger partial charge >= 0.3 is 0 Å². The van der Waals surface area contributed by atoms with Crippen molar-refractivity contribution < 1.29 is 9.90 Å². The summed E-state index contributed by atoms with van der Waals surface area (Å²) >= 11 is 0. The highest BCUT2D eigenvalue weighted by molar-refractivity contribution is 5.79. The van der Waals surface area contributed by atoms with Gasteiger partial charge in [-0.3, -0.25) is 9.69 Å². The van der Waals surface area contributed by atoms with E-state index in [1.54, 1.807) is 0 Å². The number of carbonyl (C=O) groups is 1. The van der Waals surface area contributed by atoms with Gasteiger partial charge in [0.15, 0.2) is 0 Å². The first kappa shape index (κ1) is 7.06. The monoisotopic (exact) mass is 156 g/mol. The molecule has 0 saturated carbocycles. The lowest BCUT2D eigenvalue weighted by Gasteiger charge is -2.30. The summed E-state index contributed by atoms with van der Waals surface area (Å²) in [6.07, 6.45) is 0.516. The first-order chi connectivity index (χ1) is 5.25. The molecule has 0 aliphatic carbocycles. The molecule has 4 nitrogen and oxygen atoms in total. The first-order valence-corrected chi connectivity index (χ1v) is 3.95. The van der Waals surface area contributed by atoms with Crippen molar-refractivity contribution in [2.45, 2.75) is 18.6 Å². The average molecular weight is 156 g/mol. The van der Waals surface area contributed by atoms with Gasteiger partial charge in [0.1, 0.15) is 0 Å². The Morgan fingerprint density at radius 3 is 3.18 bits per heavy atom. The Hall–Kier alpha value is -0.610. The average Bonchev–Trinajstić information content (AvgIpc) is 2.16. The summed E-state index contributed by atoms with van der Waals surface area (Å²) in [6.45, 7) is 2.03. The molecule has 0 aromatic rings. The molecule has 2 N–H and O–H groups in total. The zero-order chi connectivity index (χ0) is 7.84. The van der Waals surface area contributed by atoms with Crippen molar-refractivity contribution in [3.63, 3.8) is 0 Å². The summed E-state index contributed by atoms with van der Waals surface area (Å²) in [4.78, 5) is 13.0. The number of amides is 1. The highest BCUT2D eigenvalue weighted by Gasteiger charge is 2.33. The van der Waals surface area contributed by atoms with Gasteiger partial charge in [-0.15, -0.1) is 0 Å². The number of nitrogens with one attached hydrogen (secondary N) is 1. The van der Waals surface area contributed by atoms with Crippen LogP contribution in [0, 0.1) is 0 Å². The Morgan fingerprint density at radius 1 is 1.64 bits per heavy atom. The summed E-state index contributed by atoms with van der Waals surface area (Å²) in [5, 5.41) is 12.2. The van der Waals surface area contributed by atoms with Crippen LogP contribution in [-0.4, -0.2) is 47.7 Å². The van der Waals surface area contributed by atoms with Crippen molar-refractivity contribution in [2.24, 2.45) is 0 Å². The molecular formula is C7H12N2O2. The number of aliphatic hydroxyl groups excluding tert-OH is 1. The second-order valence-corrected chi connectivity index (χ2v) is 3.27. The van der Waals surface area contributed by atoms with Gasteiger partial charge in [-0.1, -0.05) is 0 Å². The molecule has 0 aromatic heterocycles. The molecule has 1 amide bonds. The van der Waals surface area contributed by atoms with E-state index in [2.05, 4.69) is 5.32 Å². The fourth-order valence-corrected chi connectivity index (χ4v) is 1.76. The van der Waals surface area contributed by atoms with Crippen LogP contribution < -0.4 is 5.32 Å². The lowest BCUT2D eigenvalue weighted by atomic mass is 10.0. The maximum Gasteiger partial charge on any atom is 0.234 e. The summed E-state index contributed by atoms with van der Waals surface area (Å²) in [7, 11) is 0. The van der Waals surface area contributed by atoms with Crippen molar-refractivity contribution in [3.8, 4) is 0 Å². The third-order valence-electron chi connectivity index (χ3n) is 2.38. The van der Waals surface area contributed by atoms with Crippen LogP contribution in [0.25, 0.3) is 0 Å². The number of rotatable bonds is 0. The van der Waals surface area contributed by atoms with Crippen molar-refractivity contribution in [1.29, 1.82) is 0 Å². The molecule has 3 heterocycles. The molecule has 11 heavy (non-hydrogen) atoms. The number of nitrogens with zero attached hydrogens (tertiary/aromatic N) is 1. The van der Waals surface area contributed by atoms with Crippen LogP contribution in [0.15, 0.2) is 0 Å². The predicted molar refractivity (Wildman–Crippen MR) is 39.0 cm³/mol. The Morgan fingerprint density at radius 2 is 2.45 bits per heavy atom. The second-order valence-electron chi connectivity index (χ2n) is 3.27. The van der Waals surface area contributed by atoms with Gasteiger partial charge < -0.3 is 10.4 Å². The third kappa shape index (κ3) is 1.23. The van der Waals surface area contributed by atoms with Crippen LogP contribution >= 0.6 is 0 Å². The van der Waals surface area contributed by atoms with Crippen molar-refractivity contribution in [2.75, 3.05) is 19.6 Å². The normalized spacial score (nSPS) is 43.4. The van der Waals surface area contributed by atoms with E-state index >= 15 is 0 Å². The molecule has 0 aromatic carbocycles. The molecule has 3 rings (SSSR count). The Labute approximate surface area is 65.2 Å². The molecule has 3 aliphatic rings. The highest BCUT2D eigenvalue weighted by atomic mass is 16.3. The van der Waals surface area contributed by atoms with Crippen LogP contribution in [0.5, 0.6) is 0 Å². The highest BCUT2D eigenvalue weighted by Crippen LogP contribution is 2.13. The summed E-state index contributed by atoms with van der Waals surface area (Å²) in [6, 6.07) is 0.00116. The number of hydrogen-bond acceptors (Lipinski definition) is 3. The van der Waals surface area contributed by atoms with E-state index in [1.165, 1.54) is 0 Å². The maximum absolute atomic E-state index is 11.0. The number of piperidine rings is 1. The minimum absolute atomic E-state index is 0.00116. The number of hydrogen-bond donors (Lipinski definition) is 2. The van der Waals surface area contributed by atoms with Crippen molar-refractivity contribution in [1.82, 2.24) is 10.2 Å². The molecule has 4 heteroatoms. The van der Waals surface area contributed by atoms with E-state index in [-0.39, 0.29) is 18.1 Å². The van der Waals surface area contributed by atoms with Crippen molar-refractivity contribution in [3.05, 3.63) is 0 Å². The lowest BCUT2D eigenvalue weighted by Crippen LogP contribution is -2.47. The molecule has 2 unspecified atom stereocenters. The predicted octanol–water partition coefficient (Wildman–Crippen LogP) is -1.45. The van der Waals surface area contributed by atoms with E-state index < -0.39 is 0 Å². The summed E-state index contributed by atoms with van der Waals surface area (Å²) in [5.41, 5.74) is 0. The fraction of sp³-hybridized carbons (Fsp3) is 0.857. The van der Waals surface area contributed by atoms with Crippen LogP contribution in [0.4, 0.5) is 0 Å². The number of aliphatic hydroxyl groups is 1. The number of fused-ring (bicyclic) bond motifs is 4. The third-order valence-corrected chi connectivity index (χ3v) is 2.38. The van der Waals surface area contributed by atoms with Gasteiger partial charge in [-0.2, -0.15) is 0 Å². The largest absolute Gasteiger partial charge is 0.390 e. The smallest absolute Gasteiger partial charge is 0.234 e. The Balaban J connectivity index is 2.16. The van der Waals surface area contributed by atoms with Gasteiger partial charge in [0.25, 0.3) is 0 Å². The molecule has 3 aliphatic heterocycles. The minimum atomic E-state index is -0.366. The van der Waals surface area contributed by atoms with E-state index in [4.69, 9.17) is 0 Å². The molecule has 2 bridgehead atoms. The van der Waals surface area contributed by atoms with E-state index in [0.29, 0.717) is 13.1 Å². The Kier molecular flexibility index (Phi) is 1.58. The van der Waals surface area contributed by atoms with E-state index in [9.17, 15) is 9.90 Å². The molecule has 0 spiro atoms. The first-order valence-electron chi connectivity index (χ1n) is 3.95. The number of carbonyl (C=O) groups excluding carboxylic acids is 1. The van der Waals surface area contributed by atoms with Crippen molar-refractivity contribution >= 4 is 5.91 Å². The van der Waals surface area contributed by atoms with E-state index in [0.717, 1.165) is 13.0 Å². The summed E-state index contributed by atoms with van der Waals surface area (Å²) < 4.78 is 0. The molecule has 3 fully saturated rings. The summed E-state index contributed by atoms with van der Waals surface area (Å²) in [5.74, 6) is 0.0454. The van der Waals surface area contributed by atoms with E-state index in [1.807, 2.05) is 4.90 Å². The SMILES string of the molecule is O=C1CN2CCC(N1)[C@@H](O)C2. The zero-order valence-electron chi connectivity index (χ0n) is 6.29. The Bertz CT molecular complexity index is 183. The van der Waals surface area contributed by atoms with Gasteiger partial charge in [0.05, 0.1) is 18.7 Å². The topological polar surface area (TPSA) is 52.6 Å². The van der Waals surface area contributed by atoms with Gasteiger partial charge in [0.2, 0.25) is 5.91 Å². The van der Waals surface area contributed by atoms with Crippen LogP contribution in [0.1, 0.15) is 6.42 Å². The minimum Gasteiger partial charge on any atom is -0.390 e. The zero-order valence-corrected chi connectivity index (χ0v) is 6.29. The van der Waals surface area contributed by atoms with Crippen LogP contribution in [0.3, 0.4) is 0 Å². The molecular weight excluding hydrogens is 144 g/mol. The quantitative estimate of drug-likeness (QED) is 0.451. The van der Waals surface area contributed by atoms with Crippen LogP contribution in [-0.2, 0) is 4.79 Å².